The van der Waals surface area contributed by atoms with E-state index in [-0.39, 0.29) is 12.5 Å². The van der Waals surface area contributed by atoms with Crippen molar-refractivity contribution in [2.24, 2.45) is 5.92 Å². The van der Waals surface area contributed by atoms with Gasteiger partial charge in [0.1, 0.15) is 23.9 Å². The maximum atomic E-state index is 14.5. The van der Waals surface area contributed by atoms with Crippen molar-refractivity contribution in [2.75, 3.05) is 25.0 Å². The van der Waals surface area contributed by atoms with Gasteiger partial charge < -0.3 is 15.0 Å². The lowest BCUT2D eigenvalue weighted by Gasteiger charge is -2.35. The summed E-state index contributed by atoms with van der Waals surface area (Å²) in [6.45, 7) is 6.38. The summed E-state index contributed by atoms with van der Waals surface area (Å²) < 4.78 is 21.6. The van der Waals surface area contributed by atoms with E-state index >= 15 is 0 Å². The number of carbonyl (C=O) groups is 1. The highest BCUT2D eigenvalue weighted by molar-refractivity contribution is 5.68. The van der Waals surface area contributed by atoms with Crippen molar-refractivity contribution >= 4 is 17.6 Å². The zero-order valence-corrected chi connectivity index (χ0v) is 14.6. The summed E-state index contributed by atoms with van der Waals surface area (Å²) in [7, 11) is 0. The summed E-state index contributed by atoms with van der Waals surface area (Å²) in [6.07, 6.45) is 3.84. The van der Waals surface area contributed by atoms with E-state index < -0.39 is 17.9 Å². The number of ether oxygens (including phenoxy) is 1. The number of rotatable bonds is 3. The monoisotopic (exact) mass is 350 g/mol. The van der Waals surface area contributed by atoms with E-state index in [4.69, 9.17) is 4.74 Å². The van der Waals surface area contributed by atoms with Gasteiger partial charge in [0, 0.05) is 19.0 Å². The van der Waals surface area contributed by atoms with E-state index in [9.17, 15) is 9.18 Å². The van der Waals surface area contributed by atoms with Crippen molar-refractivity contribution in [3.05, 3.63) is 18.7 Å². The van der Waals surface area contributed by atoms with E-state index in [1.807, 2.05) is 0 Å². The van der Waals surface area contributed by atoms with E-state index in [1.54, 1.807) is 43.9 Å². The van der Waals surface area contributed by atoms with Crippen LogP contribution < -0.4 is 5.32 Å². The standard InChI is InChI=1S/C16H23FN6O2/c1-16(2,3)25-15(24)22-5-4-11(12(17)9-22)6-19-13-7-18-8-14-21-20-10-23(13)14/h7-8,10-12,19H,4-6,9H2,1-3H3/t11-,12-/m1/s1. The number of carbonyl (C=O) groups excluding carboxylic acids is 1. The Hall–Kier alpha value is -2.45. The second-order valence-corrected chi connectivity index (χ2v) is 7.22. The molecule has 9 heteroatoms. The molecule has 0 unspecified atom stereocenters. The van der Waals surface area contributed by atoms with Crippen LogP contribution in [0, 0.1) is 5.92 Å². The SMILES string of the molecule is CC(C)(C)OC(=O)N1CC[C@H](CNc2cncc3nncn23)[C@H](F)C1. The van der Waals surface area contributed by atoms with Crippen LogP contribution in [0.4, 0.5) is 15.0 Å². The number of piperidine rings is 1. The molecule has 2 aromatic rings. The molecule has 0 spiro atoms. The van der Waals surface area contributed by atoms with E-state index in [0.29, 0.717) is 31.0 Å². The normalized spacial score (nSPS) is 21.4. The van der Waals surface area contributed by atoms with Gasteiger partial charge in [0.15, 0.2) is 5.65 Å². The third kappa shape index (κ3) is 4.15. The quantitative estimate of drug-likeness (QED) is 0.913. The van der Waals surface area contributed by atoms with Crippen LogP contribution in [-0.2, 0) is 4.74 Å². The average Bonchev–Trinajstić information content (AvgIpc) is 3.01. The third-order valence-electron chi connectivity index (χ3n) is 4.09. The summed E-state index contributed by atoms with van der Waals surface area (Å²) in [6, 6.07) is 0. The molecule has 3 heterocycles. The van der Waals surface area contributed by atoms with Gasteiger partial charge >= 0.3 is 6.09 Å². The minimum atomic E-state index is -1.11. The van der Waals surface area contributed by atoms with E-state index in [0.717, 1.165) is 0 Å². The first kappa shape index (κ1) is 17.4. The zero-order chi connectivity index (χ0) is 18.0. The van der Waals surface area contributed by atoms with Crippen LogP contribution >= 0.6 is 0 Å². The largest absolute Gasteiger partial charge is 0.444 e. The number of hydrogen-bond acceptors (Lipinski definition) is 6. The van der Waals surface area contributed by atoms with Gasteiger partial charge in [-0.05, 0) is 27.2 Å². The number of hydrogen-bond donors (Lipinski definition) is 1. The molecule has 3 rings (SSSR count). The van der Waals surface area contributed by atoms with Crippen molar-refractivity contribution < 1.29 is 13.9 Å². The first-order valence-electron chi connectivity index (χ1n) is 8.33. The molecule has 8 nitrogen and oxygen atoms in total. The number of fused-ring (bicyclic) bond motifs is 1. The van der Waals surface area contributed by atoms with Gasteiger partial charge in [0.05, 0.1) is 18.9 Å². The molecule has 0 aliphatic carbocycles. The maximum Gasteiger partial charge on any atom is 0.410 e. The van der Waals surface area contributed by atoms with Gasteiger partial charge in [-0.1, -0.05) is 0 Å². The lowest BCUT2D eigenvalue weighted by Crippen LogP contribution is -2.48. The topological polar surface area (TPSA) is 84.6 Å². The summed E-state index contributed by atoms with van der Waals surface area (Å²) >= 11 is 0. The fourth-order valence-electron chi connectivity index (χ4n) is 2.80. The van der Waals surface area contributed by atoms with Crippen LogP contribution in [0.5, 0.6) is 0 Å². The van der Waals surface area contributed by atoms with Crippen LogP contribution in [0.1, 0.15) is 27.2 Å². The first-order chi connectivity index (χ1) is 11.8. The molecule has 0 aromatic carbocycles. The van der Waals surface area contributed by atoms with Crippen LogP contribution in [-0.4, -0.2) is 62.0 Å². The molecule has 0 bridgehead atoms. The molecule has 25 heavy (non-hydrogen) atoms. The smallest absolute Gasteiger partial charge is 0.410 e. The number of halogens is 1. The minimum Gasteiger partial charge on any atom is -0.444 e. The Morgan fingerprint density at radius 1 is 1.44 bits per heavy atom. The van der Waals surface area contributed by atoms with Crippen molar-refractivity contribution in [3.8, 4) is 0 Å². The van der Waals surface area contributed by atoms with Gasteiger partial charge in [-0.3, -0.25) is 9.38 Å². The number of nitrogens with zero attached hydrogens (tertiary/aromatic N) is 5. The average molecular weight is 350 g/mol. The number of aromatic nitrogens is 4. The fraction of sp³-hybridized carbons (Fsp3) is 0.625. The van der Waals surface area contributed by atoms with Gasteiger partial charge in [-0.2, -0.15) is 0 Å². The molecule has 1 saturated heterocycles. The highest BCUT2D eigenvalue weighted by Gasteiger charge is 2.33. The Labute approximate surface area is 145 Å². The summed E-state index contributed by atoms with van der Waals surface area (Å²) in [5.41, 5.74) is 0.0489. The number of amides is 1. The third-order valence-corrected chi connectivity index (χ3v) is 4.09. The molecule has 1 aliphatic heterocycles. The molecular weight excluding hydrogens is 327 g/mol. The number of alkyl halides is 1. The van der Waals surface area contributed by atoms with E-state index in [2.05, 4.69) is 20.5 Å². The number of nitrogens with one attached hydrogen (secondary N) is 1. The highest BCUT2D eigenvalue weighted by atomic mass is 19.1. The van der Waals surface area contributed by atoms with Gasteiger partial charge in [0.2, 0.25) is 0 Å². The van der Waals surface area contributed by atoms with Gasteiger partial charge in [0.25, 0.3) is 0 Å². The highest BCUT2D eigenvalue weighted by Crippen LogP contribution is 2.23. The summed E-state index contributed by atoms with van der Waals surface area (Å²) in [4.78, 5) is 17.6. The predicted molar refractivity (Wildman–Crippen MR) is 90.1 cm³/mol. The van der Waals surface area contributed by atoms with Gasteiger partial charge in [-0.25, -0.2) is 9.18 Å². The molecule has 136 valence electrons. The van der Waals surface area contributed by atoms with Crippen LogP contribution in [0.2, 0.25) is 0 Å². The Kier molecular flexibility index (Phi) is 4.73. The lowest BCUT2D eigenvalue weighted by molar-refractivity contribution is 0.00659. The molecule has 1 fully saturated rings. The van der Waals surface area contributed by atoms with Crippen molar-refractivity contribution in [1.29, 1.82) is 0 Å². The molecule has 1 amide bonds. The van der Waals surface area contributed by atoms with Crippen molar-refractivity contribution in [3.63, 3.8) is 0 Å². The summed E-state index contributed by atoms with van der Waals surface area (Å²) in [5.74, 6) is 0.523. The van der Waals surface area contributed by atoms with E-state index in [1.165, 1.54) is 4.90 Å². The molecule has 1 N–H and O–H groups in total. The predicted octanol–water partition coefficient (Wildman–Crippen LogP) is 2.13. The fourth-order valence-corrected chi connectivity index (χ4v) is 2.80. The molecule has 1 aliphatic rings. The Morgan fingerprint density at radius 3 is 2.96 bits per heavy atom. The first-order valence-corrected chi connectivity index (χ1v) is 8.33. The van der Waals surface area contributed by atoms with Crippen LogP contribution in [0.15, 0.2) is 18.7 Å². The second-order valence-electron chi connectivity index (χ2n) is 7.22. The van der Waals surface area contributed by atoms with Crippen molar-refractivity contribution in [1.82, 2.24) is 24.5 Å². The molecule has 0 radical (unpaired) electrons. The Morgan fingerprint density at radius 2 is 2.24 bits per heavy atom. The molecule has 0 saturated carbocycles. The second kappa shape index (κ2) is 6.81. The van der Waals surface area contributed by atoms with Crippen molar-refractivity contribution in [2.45, 2.75) is 39.0 Å². The summed E-state index contributed by atoms with van der Waals surface area (Å²) in [5, 5.41) is 11.0. The number of anilines is 1. The van der Waals surface area contributed by atoms with Crippen LogP contribution in [0.3, 0.4) is 0 Å². The molecule has 2 aromatic heterocycles. The lowest BCUT2D eigenvalue weighted by atomic mass is 9.95. The van der Waals surface area contributed by atoms with Crippen LogP contribution in [0.25, 0.3) is 5.65 Å². The molecular formula is C16H23FN6O2. The van der Waals surface area contributed by atoms with Gasteiger partial charge in [-0.15, -0.1) is 10.2 Å². The molecule has 2 atom stereocenters. The zero-order valence-electron chi connectivity index (χ0n) is 14.6. The Balaban J connectivity index is 1.55. The Bertz CT molecular complexity index is 744. The number of likely N-dealkylation sites (tertiary alicyclic amines) is 1. The minimum absolute atomic E-state index is 0.0519. The maximum absolute atomic E-state index is 14.5.